The van der Waals surface area contributed by atoms with Crippen molar-refractivity contribution in [2.75, 3.05) is 0 Å². The van der Waals surface area contributed by atoms with Crippen LogP contribution in [0.25, 0.3) is 0 Å². The summed E-state index contributed by atoms with van der Waals surface area (Å²) < 4.78 is 10.8. The lowest BCUT2D eigenvalue weighted by atomic mass is 10.1. The zero-order valence-electron chi connectivity index (χ0n) is 12.2. The van der Waals surface area contributed by atoms with E-state index in [2.05, 4.69) is 28.4 Å². The van der Waals surface area contributed by atoms with Gasteiger partial charge in [-0.2, -0.15) is 4.98 Å². The van der Waals surface area contributed by atoms with E-state index in [1.165, 1.54) is 5.56 Å². The fourth-order valence-corrected chi connectivity index (χ4v) is 2.20. The maximum Gasteiger partial charge on any atom is 0.243 e. The molecular weight excluding hydrogens is 242 g/mol. The monoisotopic (exact) mass is 263 g/mol. The highest BCUT2D eigenvalue weighted by atomic mass is 16.5. The molecule has 2 aromatic rings. The number of aryl methyl sites for hydroxylation is 3. The van der Waals surface area contributed by atoms with E-state index in [-0.39, 0.29) is 12.1 Å². The topological polar surface area (TPSA) is 64.1 Å². The van der Waals surface area contributed by atoms with Gasteiger partial charge in [0, 0.05) is 18.0 Å². The minimum Gasteiger partial charge on any atom is -0.466 e. The first-order valence-electron chi connectivity index (χ1n) is 6.66. The molecule has 0 aliphatic heterocycles. The van der Waals surface area contributed by atoms with Gasteiger partial charge in [-0.15, -0.1) is 0 Å². The van der Waals surface area contributed by atoms with Crippen molar-refractivity contribution in [3.63, 3.8) is 0 Å². The Kier molecular flexibility index (Phi) is 4.04. The van der Waals surface area contributed by atoms with Crippen LogP contribution in [0.2, 0.25) is 0 Å². The fourth-order valence-electron chi connectivity index (χ4n) is 2.20. The van der Waals surface area contributed by atoms with Crippen molar-refractivity contribution in [1.82, 2.24) is 15.5 Å². The van der Waals surface area contributed by atoms with E-state index in [4.69, 9.17) is 8.94 Å². The minimum absolute atomic E-state index is 0.0115. The smallest absolute Gasteiger partial charge is 0.243 e. The Balaban J connectivity index is 2.06. The zero-order chi connectivity index (χ0) is 14.0. The van der Waals surface area contributed by atoms with Crippen molar-refractivity contribution < 1.29 is 8.94 Å². The Morgan fingerprint density at radius 2 is 2.00 bits per heavy atom. The Morgan fingerprint density at radius 1 is 1.26 bits per heavy atom. The highest BCUT2D eigenvalue weighted by Gasteiger charge is 2.19. The van der Waals surface area contributed by atoms with Gasteiger partial charge in [0.25, 0.3) is 0 Å². The molecule has 1 N–H and O–H groups in total. The van der Waals surface area contributed by atoms with Gasteiger partial charge in [-0.1, -0.05) is 12.1 Å². The molecule has 0 fully saturated rings. The third-order valence-electron chi connectivity index (χ3n) is 3.22. The molecule has 5 heteroatoms. The molecule has 19 heavy (non-hydrogen) atoms. The molecule has 0 aliphatic rings. The first kappa shape index (κ1) is 13.8. The zero-order valence-corrected chi connectivity index (χ0v) is 12.2. The SMILES string of the molecule is CCc1noc(C(C)NC(C)c2cc(C)oc2C)n1. The number of aromatic nitrogens is 2. The molecule has 0 saturated carbocycles. The number of hydrogen-bond acceptors (Lipinski definition) is 5. The number of nitrogens with zero attached hydrogens (tertiary/aromatic N) is 2. The van der Waals surface area contributed by atoms with Crippen molar-refractivity contribution in [1.29, 1.82) is 0 Å². The van der Waals surface area contributed by atoms with E-state index >= 15 is 0 Å². The molecule has 5 nitrogen and oxygen atoms in total. The Bertz CT molecular complexity index is 545. The number of furan rings is 1. The van der Waals surface area contributed by atoms with Gasteiger partial charge < -0.3 is 8.94 Å². The maximum absolute atomic E-state index is 5.55. The van der Waals surface area contributed by atoms with E-state index < -0.39 is 0 Å². The van der Waals surface area contributed by atoms with Crippen LogP contribution in [0.5, 0.6) is 0 Å². The summed E-state index contributed by atoms with van der Waals surface area (Å²) in [6.07, 6.45) is 0.784. The van der Waals surface area contributed by atoms with Crippen LogP contribution in [0.3, 0.4) is 0 Å². The predicted octanol–water partition coefficient (Wildman–Crippen LogP) is 3.25. The minimum atomic E-state index is 0.0115. The highest BCUT2D eigenvalue weighted by Crippen LogP contribution is 2.23. The summed E-state index contributed by atoms with van der Waals surface area (Å²) in [6.45, 7) is 10.1. The van der Waals surface area contributed by atoms with Crippen LogP contribution in [-0.4, -0.2) is 10.1 Å². The first-order chi connectivity index (χ1) is 9.01. The number of rotatable bonds is 5. The summed E-state index contributed by atoms with van der Waals surface area (Å²) in [5, 5.41) is 7.36. The molecule has 0 radical (unpaired) electrons. The average Bonchev–Trinajstić information content (AvgIpc) is 2.95. The van der Waals surface area contributed by atoms with Crippen LogP contribution in [0, 0.1) is 13.8 Å². The predicted molar refractivity (Wildman–Crippen MR) is 71.8 cm³/mol. The molecule has 0 spiro atoms. The second-order valence-electron chi connectivity index (χ2n) is 4.88. The molecule has 104 valence electrons. The lowest BCUT2D eigenvalue weighted by Gasteiger charge is -2.16. The van der Waals surface area contributed by atoms with Crippen LogP contribution in [0.1, 0.15) is 61.7 Å². The van der Waals surface area contributed by atoms with Crippen LogP contribution >= 0.6 is 0 Å². The summed E-state index contributed by atoms with van der Waals surface area (Å²) in [5.74, 6) is 3.25. The van der Waals surface area contributed by atoms with Crippen LogP contribution in [0.4, 0.5) is 0 Å². The second-order valence-corrected chi connectivity index (χ2v) is 4.88. The molecule has 2 atom stereocenters. The van der Waals surface area contributed by atoms with E-state index in [1.54, 1.807) is 0 Å². The van der Waals surface area contributed by atoms with E-state index in [9.17, 15) is 0 Å². The van der Waals surface area contributed by atoms with Gasteiger partial charge in [-0.25, -0.2) is 0 Å². The van der Waals surface area contributed by atoms with Crippen molar-refractivity contribution in [2.45, 2.75) is 53.1 Å². The summed E-state index contributed by atoms with van der Waals surface area (Å²) in [6, 6.07) is 2.24. The quantitative estimate of drug-likeness (QED) is 0.897. The normalized spacial score (nSPS) is 14.6. The lowest BCUT2D eigenvalue weighted by molar-refractivity contribution is 0.324. The van der Waals surface area contributed by atoms with Gasteiger partial charge in [0.15, 0.2) is 5.82 Å². The number of nitrogens with one attached hydrogen (secondary N) is 1. The van der Waals surface area contributed by atoms with Gasteiger partial charge in [0.05, 0.1) is 6.04 Å². The molecule has 2 rings (SSSR count). The molecular formula is C14H21N3O2. The number of hydrogen-bond donors (Lipinski definition) is 1. The van der Waals surface area contributed by atoms with Gasteiger partial charge in [0.2, 0.25) is 5.89 Å². The Labute approximate surface area is 113 Å². The fraction of sp³-hybridized carbons (Fsp3) is 0.571. The molecule has 0 bridgehead atoms. The van der Waals surface area contributed by atoms with Crippen molar-refractivity contribution in [3.05, 3.63) is 34.9 Å². The second kappa shape index (κ2) is 5.57. The maximum atomic E-state index is 5.55. The third-order valence-corrected chi connectivity index (χ3v) is 3.22. The van der Waals surface area contributed by atoms with Gasteiger partial charge in [0.1, 0.15) is 11.5 Å². The standard InChI is InChI=1S/C14H21N3O2/c1-6-13-16-14(19-17-13)10(4)15-9(3)12-7-8(2)18-11(12)5/h7,9-10,15H,6H2,1-5H3. The van der Waals surface area contributed by atoms with Gasteiger partial charge >= 0.3 is 0 Å². The van der Waals surface area contributed by atoms with Crippen molar-refractivity contribution in [2.24, 2.45) is 0 Å². The Hall–Kier alpha value is -1.62. The lowest BCUT2D eigenvalue weighted by Crippen LogP contribution is -2.23. The summed E-state index contributed by atoms with van der Waals surface area (Å²) in [4.78, 5) is 4.34. The molecule has 0 amide bonds. The summed E-state index contributed by atoms with van der Waals surface area (Å²) >= 11 is 0. The van der Waals surface area contributed by atoms with E-state index in [0.29, 0.717) is 5.89 Å². The molecule has 0 aromatic carbocycles. The van der Waals surface area contributed by atoms with Gasteiger partial charge in [-0.3, -0.25) is 5.32 Å². The molecule has 0 aliphatic carbocycles. The Morgan fingerprint density at radius 3 is 2.53 bits per heavy atom. The van der Waals surface area contributed by atoms with E-state index in [0.717, 1.165) is 23.8 Å². The molecule has 2 heterocycles. The van der Waals surface area contributed by atoms with Crippen LogP contribution in [-0.2, 0) is 6.42 Å². The van der Waals surface area contributed by atoms with Gasteiger partial charge in [-0.05, 0) is 33.8 Å². The molecule has 2 aromatic heterocycles. The summed E-state index contributed by atoms with van der Waals surface area (Å²) in [7, 11) is 0. The largest absolute Gasteiger partial charge is 0.466 e. The summed E-state index contributed by atoms with van der Waals surface area (Å²) in [5.41, 5.74) is 1.17. The van der Waals surface area contributed by atoms with Crippen molar-refractivity contribution in [3.8, 4) is 0 Å². The van der Waals surface area contributed by atoms with Crippen LogP contribution < -0.4 is 5.32 Å². The molecule has 0 saturated heterocycles. The van der Waals surface area contributed by atoms with E-state index in [1.807, 2.05) is 27.7 Å². The average molecular weight is 263 g/mol. The highest BCUT2D eigenvalue weighted by molar-refractivity contribution is 5.23. The van der Waals surface area contributed by atoms with Crippen molar-refractivity contribution >= 4 is 0 Å². The van der Waals surface area contributed by atoms with Crippen LogP contribution in [0.15, 0.2) is 15.0 Å². The third kappa shape index (κ3) is 3.04. The first-order valence-corrected chi connectivity index (χ1v) is 6.66. The molecule has 2 unspecified atom stereocenters.